The average Bonchev–Trinajstić information content (AvgIpc) is 2.17. The van der Waals surface area contributed by atoms with E-state index >= 15 is 0 Å². The van der Waals surface area contributed by atoms with Crippen LogP contribution in [0.3, 0.4) is 0 Å². The van der Waals surface area contributed by atoms with E-state index in [0.717, 1.165) is 5.69 Å². The Morgan fingerprint density at radius 3 is 3.14 bits per heavy atom. The lowest BCUT2D eigenvalue weighted by molar-refractivity contribution is 0.0728. The fraction of sp³-hybridized carbons (Fsp3) is 0.444. The highest BCUT2D eigenvalue weighted by atomic mass is 16.5. The number of anilines is 2. The molecular weight excluding hydrogens is 182 g/mol. The normalized spacial score (nSPS) is 12.4. The summed E-state index contributed by atoms with van der Waals surface area (Å²) < 4.78 is 4.79. The molecule has 0 aromatic carbocycles. The summed E-state index contributed by atoms with van der Waals surface area (Å²) >= 11 is 0. The lowest BCUT2D eigenvalue weighted by atomic mass is 10.3. The summed E-state index contributed by atoms with van der Waals surface area (Å²) in [5.74, 6) is 0. The van der Waals surface area contributed by atoms with Crippen LogP contribution in [0.4, 0.5) is 11.4 Å². The van der Waals surface area contributed by atoms with E-state index in [1.54, 1.807) is 25.6 Å². The van der Waals surface area contributed by atoms with Gasteiger partial charge < -0.3 is 20.9 Å². The summed E-state index contributed by atoms with van der Waals surface area (Å²) in [4.78, 5) is 3.86. The first-order valence-corrected chi connectivity index (χ1v) is 4.34. The lowest BCUT2D eigenvalue weighted by Gasteiger charge is -2.12. The van der Waals surface area contributed by atoms with Gasteiger partial charge in [0, 0.05) is 19.9 Å². The van der Waals surface area contributed by atoms with Crippen molar-refractivity contribution >= 4 is 11.4 Å². The Labute approximate surface area is 82.9 Å². The van der Waals surface area contributed by atoms with Gasteiger partial charge in [0.15, 0.2) is 0 Å². The maximum absolute atomic E-state index is 9.36. The number of hydrogen-bond acceptors (Lipinski definition) is 5. The molecule has 0 spiro atoms. The number of nitrogens with one attached hydrogen (secondary N) is 1. The predicted molar refractivity (Wildman–Crippen MR) is 55.0 cm³/mol. The third kappa shape index (κ3) is 3.20. The minimum absolute atomic E-state index is 0.304. The number of hydrogen-bond donors (Lipinski definition) is 3. The van der Waals surface area contributed by atoms with Crippen LogP contribution in [0.15, 0.2) is 18.5 Å². The highest BCUT2D eigenvalue weighted by Crippen LogP contribution is 2.14. The largest absolute Gasteiger partial charge is 0.396 e. The monoisotopic (exact) mass is 197 g/mol. The van der Waals surface area contributed by atoms with Crippen LogP contribution in [0, 0.1) is 0 Å². The average molecular weight is 197 g/mol. The standard InChI is InChI=1S/C9H15N3O2/c1-14-6-7(13)4-12-9-2-3-11-5-8(9)10/h2-3,5,7,13H,4,6,10H2,1H3,(H,11,12). The van der Waals surface area contributed by atoms with Crippen LogP contribution < -0.4 is 11.1 Å². The van der Waals surface area contributed by atoms with Gasteiger partial charge in [0.2, 0.25) is 0 Å². The number of aliphatic hydroxyl groups excluding tert-OH is 1. The Morgan fingerprint density at radius 2 is 2.50 bits per heavy atom. The van der Waals surface area contributed by atoms with Crippen molar-refractivity contribution in [1.82, 2.24) is 4.98 Å². The number of nitrogens with two attached hydrogens (primary N) is 1. The van der Waals surface area contributed by atoms with E-state index in [1.165, 1.54) is 0 Å². The van der Waals surface area contributed by atoms with Crippen LogP contribution in [-0.2, 0) is 4.74 Å². The fourth-order valence-electron chi connectivity index (χ4n) is 1.05. The number of pyridine rings is 1. The van der Waals surface area contributed by atoms with E-state index in [0.29, 0.717) is 18.8 Å². The predicted octanol–water partition coefficient (Wildman–Crippen LogP) is 0.0830. The van der Waals surface area contributed by atoms with Gasteiger partial charge in [-0.25, -0.2) is 0 Å². The van der Waals surface area contributed by atoms with Gasteiger partial charge in [-0.1, -0.05) is 0 Å². The lowest BCUT2D eigenvalue weighted by Crippen LogP contribution is -2.24. The molecule has 0 aliphatic carbocycles. The molecule has 0 aliphatic rings. The molecule has 1 unspecified atom stereocenters. The van der Waals surface area contributed by atoms with Crippen LogP contribution in [0.5, 0.6) is 0 Å². The number of methoxy groups -OCH3 is 1. The van der Waals surface area contributed by atoms with Gasteiger partial charge in [0.25, 0.3) is 0 Å². The Kier molecular flexibility index (Phi) is 4.15. The third-order valence-electron chi connectivity index (χ3n) is 1.74. The molecular formula is C9H15N3O2. The number of nitrogen functional groups attached to an aromatic ring is 1. The SMILES string of the molecule is COCC(O)CNc1ccncc1N. The van der Waals surface area contributed by atoms with E-state index in [1.807, 2.05) is 0 Å². The van der Waals surface area contributed by atoms with Crippen molar-refractivity contribution in [3.63, 3.8) is 0 Å². The number of aliphatic hydroxyl groups is 1. The van der Waals surface area contributed by atoms with E-state index in [4.69, 9.17) is 10.5 Å². The molecule has 14 heavy (non-hydrogen) atoms. The van der Waals surface area contributed by atoms with Crippen LogP contribution >= 0.6 is 0 Å². The van der Waals surface area contributed by atoms with Crippen molar-refractivity contribution in [2.45, 2.75) is 6.10 Å². The van der Waals surface area contributed by atoms with Gasteiger partial charge >= 0.3 is 0 Å². The quantitative estimate of drug-likeness (QED) is 0.623. The fourth-order valence-corrected chi connectivity index (χ4v) is 1.05. The van der Waals surface area contributed by atoms with Gasteiger partial charge in [-0.3, -0.25) is 4.98 Å². The second-order valence-electron chi connectivity index (χ2n) is 2.95. The molecule has 1 aromatic heterocycles. The smallest absolute Gasteiger partial charge is 0.0945 e. The van der Waals surface area contributed by atoms with E-state index in [2.05, 4.69) is 10.3 Å². The first-order chi connectivity index (χ1) is 6.74. The van der Waals surface area contributed by atoms with E-state index in [9.17, 15) is 5.11 Å². The number of rotatable bonds is 5. The second kappa shape index (κ2) is 5.41. The van der Waals surface area contributed by atoms with Crippen molar-refractivity contribution < 1.29 is 9.84 Å². The molecule has 1 rings (SSSR count). The molecule has 0 saturated carbocycles. The van der Waals surface area contributed by atoms with Crippen LogP contribution in [0.25, 0.3) is 0 Å². The van der Waals surface area contributed by atoms with Crippen molar-refractivity contribution in [3.05, 3.63) is 18.5 Å². The Morgan fingerprint density at radius 1 is 1.71 bits per heavy atom. The van der Waals surface area contributed by atoms with Gasteiger partial charge in [0.05, 0.1) is 30.3 Å². The number of nitrogens with zero attached hydrogens (tertiary/aromatic N) is 1. The summed E-state index contributed by atoms with van der Waals surface area (Å²) in [7, 11) is 1.55. The molecule has 0 fully saturated rings. The maximum Gasteiger partial charge on any atom is 0.0945 e. The van der Waals surface area contributed by atoms with Crippen molar-refractivity contribution in [3.8, 4) is 0 Å². The van der Waals surface area contributed by atoms with Crippen molar-refractivity contribution in [2.75, 3.05) is 31.3 Å². The molecule has 0 saturated heterocycles. The number of ether oxygens (including phenoxy) is 1. The molecule has 5 heteroatoms. The zero-order valence-corrected chi connectivity index (χ0v) is 8.10. The Hall–Kier alpha value is -1.33. The summed E-state index contributed by atoms with van der Waals surface area (Å²) in [5, 5.41) is 12.4. The highest BCUT2D eigenvalue weighted by Gasteiger charge is 2.03. The molecule has 1 atom stereocenters. The molecule has 0 aliphatic heterocycles. The van der Waals surface area contributed by atoms with Crippen LogP contribution in [0.2, 0.25) is 0 Å². The first-order valence-electron chi connectivity index (χ1n) is 4.34. The molecule has 78 valence electrons. The molecule has 5 nitrogen and oxygen atoms in total. The van der Waals surface area contributed by atoms with Gasteiger partial charge in [-0.2, -0.15) is 0 Å². The highest BCUT2D eigenvalue weighted by molar-refractivity contribution is 5.64. The number of aromatic nitrogens is 1. The summed E-state index contributed by atoms with van der Waals surface area (Å²) in [5.41, 5.74) is 6.98. The van der Waals surface area contributed by atoms with Crippen LogP contribution in [0.1, 0.15) is 0 Å². The Balaban J connectivity index is 2.41. The molecule has 1 aromatic rings. The van der Waals surface area contributed by atoms with Crippen molar-refractivity contribution in [2.24, 2.45) is 0 Å². The zero-order chi connectivity index (χ0) is 10.4. The Bertz CT molecular complexity index is 281. The second-order valence-corrected chi connectivity index (χ2v) is 2.95. The topological polar surface area (TPSA) is 80.4 Å². The molecule has 1 heterocycles. The summed E-state index contributed by atoms with van der Waals surface area (Å²) in [6.07, 6.45) is 2.67. The van der Waals surface area contributed by atoms with E-state index in [-0.39, 0.29) is 0 Å². The van der Waals surface area contributed by atoms with Crippen LogP contribution in [-0.4, -0.2) is 36.5 Å². The molecule has 0 amide bonds. The molecule has 4 N–H and O–H groups in total. The van der Waals surface area contributed by atoms with Gasteiger partial charge in [-0.15, -0.1) is 0 Å². The van der Waals surface area contributed by atoms with Crippen molar-refractivity contribution in [1.29, 1.82) is 0 Å². The van der Waals surface area contributed by atoms with Gasteiger partial charge in [-0.05, 0) is 6.07 Å². The van der Waals surface area contributed by atoms with E-state index < -0.39 is 6.10 Å². The molecule has 0 radical (unpaired) electrons. The summed E-state index contributed by atoms with van der Waals surface area (Å²) in [6.45, 7) is 0.708. The third-order valence-corrected chi connectivity index (χ3v) is 1.74. The summed E-state index contributed by atoms with van der Waals surface area (Å²) in [6, 6.07) is 1.76. The van der Waals surface area contributed by atoms with Gasteiger partial charge in [0.1, 0.15) is 0 Å². The minimum Gasteiger partial charge on any atom is -0.396 e. The minimum atomic E-state index is -0.535. The molecule has 0 bridgehead atoms. The zero-order valence-electron chi connectivity index (χ0n) is 8.10. The maximum atomic E-state index is 9.36. The first kappa shape index (κ1) is 10.7.